The average molecular weight is 397 g/mol. The molecule has 0 spiro atoms. The van der Waals surface area contributed by atoms with Crippen LogP contribution in [0.25, 0.3) is 0 Å². The van der Waals surface area contributed by atoms with Gasteiger partial charge in [-0.2, -0.15) is 10.4 Å². The molecule has 1 saturated heterocycles. The minimum Gasteiger partial charge on any atom is -0.355 e. The number of aromatic nitrogens is 3. The molecule has 0 aliphatic carbocycles. The standard InChI is InChI=1S/C13H11Br2N5/c14-11-1-10(2-16)13(17-3-11)19-5-9(6-19)7-20-8-12(15)4-18-20/h1,3-4,8-9H,5-7H2. The Labute approximate surface area is 133 Å². The van der Waals surface area contributed by atoms with Crippen molar-refractivity contribution in [1.82, 2.24) is 14.8 Å². The van der Waals surface area contributed by atoms with Gasteiger partial charge in [-0.25, -0.2) is 4.98 Å². The van der Waals surface area contributed by atoms with E-state index in [-0.39, 0.29) is 0 Å². The van der Waals surface area contributed by atoms with Crippen LogP contribution in [0.4, 0.5) is 5.82 Å². The quantitative estimate of drug-likeness (QED) is 0.800. The highest BCUT2D eigenvalue weighted by atomic mass is 79.9. The maximum Gasteiger partial charge on any atom is 0.146 e. The minimum atomic E-state index is 0.541. The maximum atomic E-state index is 9.16. The topological polar surface area (TPSA) is 57.7 Å². The van der Waals surface area contributed by atoms with Crippen molar-refractivity contribution in [2.45, 2.75) is 6.54 Å². The predicted octanol–water partition coefficient (Wildman–Crippen LogP) is 2.81. The Balaban J connectivity index is 1.64. The smallest absolute Gasteiger partial charge is 0.146 e. The average Bonchev–Trinajstić information content (AvgIpc) is 2.79. The van der Waals surface area contributed by atoms with E-state index in [1.165, 1.54) is 0 Å². The fraction of sp³-hybridized carbons (Fsp3) is 0.308. The van der Waals surface area contributed by atoms with Crippen LogP contribution in [-0.4, -0.2) is 27.9 Å². The van der Waals surface area contributed by atoms with Crippen LogP contribution in [-0.2, 0) is 6.54 Å². The lowest BCUT2D eigenvalue weighted by Crippen LogP contribution is -2.49. The van der Waals surface area contributed by atoms with Crippen LogP contribution in [0.15, 0.2) is 33.6 Å². The zero-order valence-electron chi connectivity index (χ0n) is 10.5. The summed E-state index contributed by atoms with van der Waals surface area (Å²) in [5, 5.41) is 13.4. The van der Waals surface area contributed by atoms with E-state index < -0.39 is 0 Å². The van der Waals surface area contributed by atoms with Gasteiger partial charge in [-0.1, -0.05) is 0 Å². The highest BCUT2D eigenvalue weighted by Gasteiger charge is 2.29. The van der Waals surface area contributed by atoms with Crippen molar-refractivity contribution in [2.75, 3.05) is 18.0 Å². The van der Waals surface area contributed by atoms with Crippen molar-refractivity contribution in [2.24, 2.45) is 5.92 Å². The summed E-state index contributed by atoms with van der Waals surface area (Å²) in [7, 11) is 0. The third kappa shape index (κ3) is 2.72. The van der Waals surface area contributed by atoms with Gasteiger partial charge in [-0.15, -0.1) is 0 Å². The van der Waals surface area contributed by atoms with E-state index in [0.717, 1.165) is 34.4 Å². The van der Waals surface area contributed by atoms with Crippen LogP contribution in [0.5, 0.6) is 0 Å². The van der Waals surface area contributed by atoms with E-state index in [1.807, 2.05) is 10.9 Å². The molecule has 0 atom stereocenters. The molecule has 0 unspecified atom stereocenters. The van der Waals surface area contributed by atoms with E-state index in [4.69, 9.17) is 5.26 Å². The van der Waals surface area contributed by atoms with Gasteiger partial charge in [-0.3, -0.25) is 4.68 Å². The van der Waals surface area contributed by atoms with Gasteiger partial charge in [-0.05, 0) is 37.9 Å². The molecule has 1 fully saturated rings. The maximum absolute atomic E-state index is 9.16. The molecule has 0 amide bonds. The summed E-state index contributed by atoms with van der Waals surface area (Å²) in [4.78, 5) is 6.48. The number of nitrogens with zero attached hydrogens (tertiary/aromatic N) is 5. The molecule has 102 valence electrons. The number of rotatable bonds is 3. The van der Waals surface area contributed by atoms with Crippen molar-refractivity contribution < 1.29 is 0 Å². The number of hydrogen-bond acceptors (Lipinski definition) is 4. The molecule has 3 rings (SSSR count). The predicted molar refractivity (Wildman–Crippen MR) is 82.3 cm³/mol. The normalized spacial score (nSPS) is 14.9. The largest absolute Gasteiger partial charge is 0.355 e. The second-order valence-electron chi connectivity index (χ2n) is 4.79. The van der Waals surface area contributed by atoms with Crippen LogP contribution in [0, 0.1) is 17.2 Å². The Bertz CT molecular complexity index is 670. The fourth-order valence-corrected chi connectivity index (χ4v) is 2.99. The summed E-state index contributed by atoms with van der Waals surface area (Å²) in [6.45, 7) is 2.70. The van der Waals surface area contributed by atoms with Crippen LogP contribution >= 0.6 is 31.9 Å². The van der Waals surface area contributed by atoms with E-state index >= 15 is 0 Å². The van der Waals surface area contributed by atoms with Gasteiger partial charge in [0.1, 0.15) is 11.9 Å². The van der Waals surface area contributed by atoms with Gasteiger partial charge in [0.15, 0.2) is 0 Å². The molecule has 0 N–H and O–H groups in total. The second kappa shape index (κ2) is 5.54. The van der Waals surface area contributed by atoms with Gasteiger partial charge < -0.3 is 4.90 Å². The Kier molecular flexibility index (Phi) is 3.76. The summed E-state index contributed by atoms with van der Waals surface area (Å²) >= 11 is 6.73. The summed E-state index contributed by atoms with van der Waals surface area (Å²) < 4.78 is 3.76. The first-order valence-electron chi connectivity index (χ1n) is 6.14. The summed E-state index contributed by atoms with van der Waals surface area (Å²) in [6.07, 6.45) is 5.50. The van der Waals surface area contributed by atoms with Crippen molar-refractivity contribution in [3.8, 4) is 6.07 Å². The van der Waals surface area contributed by atoms with Crippen LogP contribution in [0.1, 0.15) is 5.56 Å². The van der Waals surface area contributed by atoms with E-state index in [0.29, 0.717) is 11.5 Å². The molecule has 2 aromatic heterocycles. The summed E-state index contributed by atoms with van der Waals surface area (Å²) in [5.74, 6) is 1.31. The third-order valence-electron chi connectivity index (χ3n) is 3.26. The lowest BCUT2D eigenvalue weighted by Gasteiger charge is -2.40. The lowest BCUT2D eigenvalue weighted by atomic mass is 9.99. The fourth-order valence-electron chi connectivity index (χ4n) is 2.33. The van der Waals surface area contributed by atoms with Crippen LogP contribution < -0.4 is 4.90 Å². The lowest BCUT2D eigenvalue weighted by molar-refractivity contribution is 0.340. The highest BCUT2D eigenvalue weighted by Crippen LogP contribution is 2.28. The van der Waals surface area contributed by atoms with Crippen LogP contribution in [0.2, 0.25) is 0 Å². The zero-order valence-corrected chi connectivity index (χ0v) is 13.7. The number of halogens is 2. The molecule has 2 aromatic rings. The highest BCUT2D eigenvalue weighted by molar-refractivity contribution is 9.10. The van der Waals surface area contributed by atoms with E-state index in [1.54, 1.807) is 18.5 Å². The molecular formula is C13H11Br2N5. The molecule has 0 bridgehead atoms. The Morgan fingerprint density at radius 1 is 1.30 bits per heavy atom. The second-order valence-corrected chi connectivity index (χ2v) is 6.62. The third-order valence-corrected chi connectivity index (χ3v) is 4.10. The Morgan fingerprint density at radius 2 is 2.10 bits per heavy atom. The van der Waals surface area contributed by atoms with Crippen LogP contribution in [0.3, 0.4) is 0 Å². The first-order valence-corrected chi connectivity index (χ1v) is 7.73. The SMILES string of the molecule is N#Cc1cc(Br)cnc1N1CC(Cn2cc(Br)cn2)C1. The molecule has 3 heterocycles. The van der Waals surface area contributed by atoms with Gasteiger partial charge in [0.05, 0.1) is 16.2 Å². The monoisotopic (exact) mass is 395 g/mol. The molecule has 0 radical (unpaired) electrons. The zero-order chi connectivity index (χ0) is 14.1. The van der Waals surface area contributed by atoms with E-state index in [2.05, 4.69) is 52.9 Å². The summed E-state index contributed by atoms with van der Waals surface area (Å²) in [5.41, 5.74) is 0.611. The van der Waals surface area contributed by atoms with Gasteiger partial charge >= 0.3 is 0 Å². The first kappa shape index (κ1) is 13.6. The van der Waals surface area contributed by atoms with Gasteiger partial charge in [0.25, 0.3) is 0 Å². The van der Waals surface area contributed by atoms with E-state index in [9.17, 15) is 0 Å². The van der Waals surface area contributed by atoms with Crippen molar-refractivity contribution in [3.63, 3.8) is 0 Å². The molecule has 7 heteroatoms. The molecule has 20 heavy (non-hydrogen) atoms. The van der Waals surface area contributed by atoms with Crippen molar-refractivity contribution in [1.29, 1.82) is 5.26 Å². The summed E-state index contributed by atoms with van der Waals surface area (Å²) in [6, 6.07) is 4.00. The first-order chi connectivity index (χ1) is 9.65. The molecule has 0 saturated carbocycles. The molecular weight excluding hydrogens is 386 g/mol. The molecule has 5 nitrogen and oxygen atoms in total. The minimum absolute atomic E-state index is 0.541. The van der Waals surface area contributed by atoms with Gasteiger partial charge in [0, 0.05) is 42.4 Å². The Hall–Kier alpha value is -1.39. The number of nitriles is 1. The van der Waals surface area contributed by atoms with Crippen molar-refractivity contribution in [3.05, 3.63) is 39.2 Å². The number of hydrogen-bond donors (Lipinski definition) is 0. The Morgan fingerprint density at radius 3 is 2.75 bits per heavy atom. The van der Waals surface area contributed by atoms with Gasteiger partial charge in [0.2, 0.25) is 0 Å². The van der Waals surface area contributed by atoms with Crippen molar-refractivity contribution >= 4 is 37.7 Å². The number of anilines is 1. The number of pyridine rings is 1. The molecule has 1 aliphatic heterocycles. The molecule has 1 aliphatic rings. The molecule has 0 aromatic carbocycles.